The first-order valence-corrected chi connectivity index (χ1v) is 15.3. The Morgan fingerprint density at radius 3 is 0.974 bits per heavy atom. The van der Waals surface area contributed by atoms with E-state index in [0.29, 0.717) is 12.8 Å². The molecule has 0 unspecified atom stereocenters. The Morgan fingerprint density at radius 2 is 0.718 bits per heavy atom. The molecule has 0 aliphatic heterocycles. The average molecular weight is 688 g/mol. The summed E-state index contributed by atoms with van der Waals surface area (Å²) in [6.45, 7) is 0. The molecule has 2 atom stereocenters. The molecule has 4 rings (SSSR count). The zero-order valence-corrected chi connectivity index (χ0v) is 27.6. The van der Waals surface area contributed by atoms with E-state index in [-0.39, 0.29) is 72.2 Å². The summed E-state index contributed by atoms with van der Waals surface area (Å²) in [5, 5.41) is 0. The second-order valence-corrected chi connectivity index (χ2v) is 11.9. The molecule has 0 aliphatic carbocycles. The molecule has 0 radical (unpaired) electrons. The van der Waals surface area contributed by atoms with Crippen LogP contribution >= 0.6 is 0 Å². The third kappa shape index (κ3) is 13.5. The maximum absolute atomic E-state index is 11.0. The largest absolute Gasteiger partial charge is 2.00 e. The van der Waals surface area contributed by atoms with Crippen molar-refractivity contribution >= 4 is 69.1 Å². The van der Waals surface area contributed by atoms with Crippen LogP contribution in [0.4, 0.5) is 0 Å². The molecule has 6 nitrogen and oxygen atoms in total. The van der Waals surface area contributed by atoms with E-state index in [0.717, 1.165) is 22.3 Å². The van der Waals surface area contributed by atoms with Crippen LogP contribution in [0.25, 0.3) is 0 Å². The van der Waals surface area contributed by atoms with E-state index >= 15 is 0 Å². The van der Waals surface area contributed by atoms with E-state index in [1.165, 1.54) is 0 Å². The van der Waals surface area contributed by atoms with E-state index in [9.17, 15) is 25.9 Å². The summed E-state index contributed by atoms with van der Waals surface area (Å²) in [5.74, 6) is -1.34. The minimum Gasteiger partial charge on any atom is -0.748 e. The van der Waals surface area contributed by atoms with Crippen LogP contribution in [0.2, 0.25) is 0 Å². The van der Waals surface area contributed by atoms with Gasteiger partial charge in [0.2, 0.25) is 0 Å². The van der Waals surface area contributed by atoms with Gasteiger partial charge in [-0.25, -0.2) is 16.8 Å². The minimum absolute atomic E-state index is 0. The fourth-order valence-corrected chi connectivity index (χ4v) is 5.89. The molecular weight excluding hydrogens is 658 g/mol. The maximum Gasteiger partial charge on any atom is 2.00 e. The van der Waals surface area contributed by atoms with Crippen LogP contribution in [0.3, 0.4) is 0 Å². The quantitative estimate of drug-likeness (QED) is 0.176. The van der Waals surface area contributed by atoms with Crippen LogP contribution in [0.1, 0.15) is 34.1 Å². The topological polar surface area (TPSA) is 114 Å². The normalized spacial score (nSPS) is 12.8. The van der Waals surface area contributed by atoms with E-state index in [1.54, 1.807) is 0 Å². The molecule has 0 spiro atoms. The molecule has 0 fully saturated rings. The molecule has 4 aromatic carbocycles. The maximum atomic E-state index is 11.0. The first kappa shape index (κ1) is 33.5. The minimum atomic E-state index is -4.24. The van der Waals surface area contributed by atoms with Gasteiger partial charge in [0.15, 0.2) is 0 Å². The molecular formula is C30H30BaO6S2. The fourth-order valence-electron chi connectivity index (χ4n) is 4.29. The smallest absolute Gasteiger partial charge is 0.748 e. The first-order valence-electron chi connectivity index (χ1n) is 12.1. The average Bonchev–Trinajstić information content (AvgIpc) is 2.89. The molecule has 39 heavy (non-hydrogen) atoms. The Hall–Kier alpha value is -1.73. The van der Waals surface area contributed by atoms with Crippen molar-refractivity contribution < 1.29 is 25.9 Å². The second-order valence-electron chi connectivity index (χ2n) is 9.04. The van der Waals surface area contributed by atoms with Crippen molar-refractivity contribution in [2.75, 3.05) is 11.5 Å². The number of benzene rings is 4. The van der Waals surface area contributed by atoms with Crippen molar-refractivity contribution in [2.45, 2.75) is 24.7 Å². The van der Waals surface area contributed by atoms with Crippen LogP contribution in [0.5, 0.6) is 0 Å². The van der Waals surface area contributed by atoms with Gasteiger partial charge >= 0.3 is 48.9 Å². The van der Waals surface area contributed by atoms with Gasteiger partial charge in [-0.05, 0) is 35.1 Å². The summed E-state index contributed by atoms with van der Waals surface area (Å²) in [5.41, 5.74) is 3.82. The van der Waals surface area contributed by atoms with Crippen molar-refractivity contribution in [1.29, 1.82) is 0 Å². The summed E-state index contributed by atoms with van der Waals surface area (Å²) >= 11 is 0. The summed E-state index contributed by atoms with van der Waals surface area (Å²) in [4.78, 5) is 0. The molecule has 4 aromatic rings. The molecule has 0 saturated carbocycles. The van der Waals surface area contributed by atoms with Gasteiger partial charge < -0.3 is 9.11 Å². The molecule has 9 heteroatoms. The summed E-state index contributed by atoms with van der Waals surface area (Å²) in [7, 11) is -8.48. The molecule has 200 valence electrons. The van der Waals surface area contributed by atoms with Crippen LogP contribution in [-0.2, 0) is 33.1 Å². The Morgan fingerprint density at radius 1 is 0.462 bits per heavy atom. The first-order chi connectivity index (χ1) is 18.1. The number of rotatable bonds is 10. The number of hydrogen-bond acceptors (Lipinski definition) is 6. The van der Waals surface area contributed by atoms with Crippen molar-refractivity contribution in [1.82, 2.24) is 0 Å². The Kier molecular flexibility index (Phi) is 14.2. The summed E-state index contributed by atoms with van der Waals surface area (Å²) in [6.07, 6.45) is 1.10. The monoisotopic (exact) mass is 688 g/mol. The van der Waals surface area contributed by atoms with E-state index in [2.05, 4.69) is 0 Å². The SMILES string of the molecule is O=S(=O)([O-])C[C@H](Cc1ccccc1)c1ccccc1.O=S(=O)([O-])C[C@H](Cc1ccccc1)c1ccccc1.[Ba+2]. The third-order valence-corrected chi connectivity index (χ3v) is 7.62. The van der Waals surface area contributed by atoms with Crippen LogP contribution in [-0.4, -0.2) is 86.3 Å². The van der Waals surface area contributed by atoms with E-state index < -0.39 is 20.2 Å². The van der Waals surface area contributed by atoms with Crippen LogP contribution in [0, 0.1) is 0 Å². The molecule has 0 N–H and O–H groups in total. The summed E-state index contributed by atoms with van der Waals surface area (Å²) in [6, 6.07) is 37.8. The van der Waals surface area contributed by atoms with Gasteiger partial charge in [0.1, 0.15) is 0 Å². The van der Waals surface area contributed by atoms with Gasteiger partial charge in [-0.3, -0.25) is 0 Å². The second kappa shape index (κ2) is 16.5. The van der Waals surface area contributed by atoms with Crippen molar-refractivity contribution in [2.24, 2.45) is 0 Å². The third-order valence-electron chi connectivity index (χ3n) is 6.00. The summed E-state index contributed by atoms with van der Waals surface area (Å²) < 4.78 is 66.3. The van der Waals surface area contributed by atoms with Crippen LogP contribution in [0.15, 0.2) is 121 Å². The van der Waals surface area contributed by atoms with Crippen LogP contribution < -0.4 is 0 Å². The van der Waals surface area contributed by atoms with E-state index in [1.807, 2.05) is 121 Å². The zero-order chi connectivity index (χ0) is 27.4. The van der Waals surface area contributed by atoms with Gasteiger partial charge in [-0.15, -0.1) is 0 Å². The molecule has 0 amide bonds. The molecule has 0 saturated heterocycles. The molecule has 0 heterocycles. The predicted octanol–water partition coefficient (Wildman–Crippen LogP) is 4.74. The van der Waals surface area contributed by atoms with Crippen molar-refractivity contribution in [3.8, 4) is 0 Å². The van der Waals surface area contributed by atoms with Gasteiger partial charge in [0.05, 0.1) is 20.2 Å². The van der Waals surface area contributed by atoms with Crippen molar-refractivity contribution in [3.63, 3.8) is 0 Å². The van der Waals surface area contributed by atoms with Gasteiger partial charge in [-0.1, -0.05) is 121 Å². The van der Waals surface area contributed by atoms with Gasteiger partial charge in [-0.2, -0.15) is 0 Å². The Balaban J connectivity index is 0.000000267. The fraction of sp³-hybridized carbons (Fsp3) is 0.200. The molecule has 0 aromatic heterocycles. The molecule has 0 aliphatic rings. The molecule has 0 bridgehead atoms. The van der Waals surface area contributed by atoms with Gasteiger partial charge in [0.25, 0.3) is 0 Å². The Bertz CT molecular complexity index is 1330. The number of hydrogen-bond donors (Lipinski definition) is 0. The standard InChI is InChI=1S/2C15H16O3S.Ba/c2*16-19(17,18)12-15(14-9-5-2-6-10-14)11-13-7-3-1-4-8-13;/h2*1-10,15H,11-12H2,(H,16,17,18);/q;;+2/p-2/t2*15-;/m00./s1. The predicted molar refractivity (Wildman–Crippen MR) is 154 cm³/mol. The zero-order valence-electron chi connectivity index (χ0n) is 21.5. The van der Waals surface area contributed by atoms with Gasteiger partial charge in [0, 0.05) is 23.3 Å². The van der Waals surface area contributed by atoms with E-state index in [4.69, 9.17) is 0 Å². The Labute approximate surface area is 272 Å². The van der Waals surface area contributed by atoms with Crippen molar-refractivity contribution in [3.05, 3.63) is 144 Å².